The van der Waals surface area contributed by atoms with Gasteiger partial charge in [-0.15, -0.1) is 0 Å². The van der Waals surface area contributed by atoms with Gasteiger partial charge in [-0.2, -0.15) is 5.10 Å². The van der Waals surface area contributed by atoms with E-state index in [2.05, 4.69) is 5.10 Å². The van der Waals surface area contributed by atoms with Crippen molar-refractivity contribution in [2.75, 3.05) is 23.0 Å². The quantitative estimate of drug-likeness (QED) is 0.650. The number of sulfone groups is 1. The lowest BCUT2D eigenvalue weighted by Crippen LogP contribution is -2.29. The molecular weight excluding hydrogens is 398 g/mol. The van der Waals surface area contributed by atoms with Crippen LogP contribution in [0.5, 0.6) is 0 Å². The number of hydrogen-bond donors (Lipinski definition) is 0. The Morgan fingerprint density at radius 2 is 1.87 bits per heavy atom. The van der Waals surface area contributed by atoms with Crippen LogP contribution in [0.1, 0.15) is 34.1 Å². The Kier molecular flexibility index (Phi) is 4.50. The molecule has 1 aromatic heterocycles. The Morgan fingerprint density at radius 1 is 1.10 bits per heavy atom. The highest BCUT2D eigenvalue weighted by Crippen LogP contribution is 2.33. The lowest BCUT2D eigenvalue weighted by Gasteiger charge is -2.16. The van der Waals surface area contributed by atoms with Crippen molar-refractivity contribution in [3.8, 4) is 11.3 Å². The van der Waals surface area contributed by atoms with Gasteiger partial charge in [0.1, 0.15) is 0 Å². The molecule has 1 unspecified atom stereocenters. The van der Waals surface area contributed by atoms with Crippen molar-refractivity contribution in [2.24, 2.45) is 0 Å². The molecule has 2 aromatic carbocycles. The molecule has 0 aliphatic carbocycles. The molecule has 1 atom stereocenters. The Morgan fingerprint density at radius 3 is 2.60 bits per heavy atom. The minimum atomic E-state index is -3.07. The Bertz CT molecular complexity index is 1230. The van der Waals surface area contributed by atoms with Crippen LogP contribution in [0.25, 0.3) is 11.3 Å². The van der Waals surface area contributed by atoms with Crippen molar-refractivity contribution >= 4 is 21.4 Å². The maximum absolute atomic E-state index is 13.3. The highest BCUT2D eigenvalue weighted by Gasteiger charge is 2.33. The molecule has 1 saturated heterocycles. The highest BCUT2D eigenvalue weighted by atomic mass is 32.2. The summed E-state index contributed by atoms with van der Waals surface area (Å²) in [6.07, 6.45) is 1.34. The fourth-order valence-corrected chi connectivity index (χ4v) is 6.06. The van der Waals surface area contributed by atoms with E-state index in [9.17, 15) is 13.2 Å². The molecule has 3 aromatic rings. The number of amides is 1. The zero-order chi connectivity index (χ0) is 20.9. The summed E-state index contributed by atoms with van der Waals surface area (Å²) in [6.45, 7) is 2.65. The average Bonchev–Trinajstić information content (AvgIpc) is 3.44. The number of rotatable bonds is 3. The van der Waals surface area contributed by atoms with Gasteiger partial charge in [0.15, 0.2) is 15.5 Å². The molecule has 0 radical (unpaired) electrons. The molecule has 0 spiro atoms. The molecule has 154 valence electrons. The minimum absolute atomic E-state index is 0.0632. The van der Waals surface area contributed by atoms with E-state index in [1.807, 2.05) is 55.5 Å². The van der Waals surface area contributed by atoms with Crippen molar-refractivity contribution in [3.05, 3.63) is 71.4 Å². The average molecular weight is 422 g/mol. The maximum Gasteiger partial charge on any atom is 0.278 e. The predicted molar refractivity (Wildman–Crippen MR) is 117 cm³/mol. The molecule has 2 aliphatic heterocycles. The lowest BCUT2D eigenvalue weighted by atomic mass is 10.1. The fraction of sp³-hybridized carbons (Fsp3) is 0.304. The SMILES string of the molecule is Cc1ccc(-c2cc(C(=O)N3CCc4ccccc43)nn2C2CCS(=O)(=O)C2)cc1. The molecule has 5 rings (SSSR count). The van der Waals surface area contributed by atoms with Crippen LogP contribution in [-0.4, -0.2) is 42.2 Å². The first-order valence-electron chi connectivity index (χ1n) is 10.2. The lowest BCUT2D eigenvalue weighted by molar-refractivity contribution is 0.0983. The van der Waals surface area contributed by atoms with Crippen LogP contribution in [0.2, 0.25) is 0 Å². The number of carbonyl (C=O) groups is 1. The molecule has 7 heteroatoms. The number of benzene rings is 2. The van der Waals surface area contributed by atoms with Crippen LogP contribution >= 0.6 is 0 Å². The number of carbonyl (C=O) groups excluding carboxylic acids is 1. The second-order valence-electron chi connectivity index (χ2n) is 8.12. The third-order valence-electron chi connectivity index (χ3n) is 5.99. The maximum atomic E-state index is 13.3. The molecule has 2 aliphatic rings. The third-order valence-corrected chi connectivity index (χ3v) is 7.74. The zero-order valence-electron chi connectivity index (χ0n) is 16.8. The van der Waals surface area contributed by atoms with E-state index >= 15 is 0 Å². The molecule has 6 nitrogen and oxygen atoms in total. The molecule has 1 fully saturated rings. The van der Waals surface area contributed by atoms with Gasteiger partial charge in [0, 0.05) is 12.2 Å². The van der Waals surface area contributed by atoms with Gasteiger partial charge in [0.2, 0.25) is 0 Å². The van der Waals surface area contributed by atoms with Gasteiger partial charge in [0.05, 0.1) is 23.2 Å². The van der Waals surface area contributed by atoms with E-state index in [4.69, 9.17) is 0 Å². The van der Waals surface area contributed by atoms with E-state index in [0.717, 1.165) is 34.5 Å². The number of hydrogen-bond acceptors (Lipinski definition) is 4. The molecule has 0 bridgehead atoms. The molecule has 0 N–H and O–H groups in total. The van der Waals surface area contributed by atoms with Crippen molar-refractivity contribution in [2.45, 2.75) is 25.8 Å². The summed E-state index contributed by atoms with van der Waals surface area (Å²) >= 11 is 0. The van der Waals surface area contributed by atoms with Crippen molar-refractivity contribution < 1.29 is 13.2 Å². The van der Waals surface area contributed by atoms with Crippen molar-refractivity contribution in [1.82, 2.24) is 9.78 Å². The summed E-state index contributed by atoms with van der Waals surface area (Å²) < 4.78 is 25.9. The molecule has 30 heavy (non-hydrogen) atoms. The van der Waals surface area contributed by atoms with Gasteiger partial charge in [-0.25, -0.2) is 8.42 Å². The minimum Gasteiger partial charge on any atom is -0.306 e. The van der Waals surface area contributed by atoms with E-state index in [0.29, 0.717) is 18.7 Å². The summed E-state index contributed by atoms with van der Waals surface area (Å²) in [5.41, 5.74) is 5.29. The van der Waals surface area contributed by atoms with E-state index in [1.54, 1.807) is 15.6 Å². The topological polar surface area (TPSA) is 72.3 Å². The summed E-state index contributed by atoms with van der Waals surface area (Å²) in [5.74, 6) is 0.0781. The predicted octanol–water partition coefficient (Wildman–Crippen LogP) is 3.42. The van der Waals surface area contributed by atoms with E-state index in [-0.39, 0.29) is 23.5 Å². The Labute approximate surface area is 176 Å². The summed E-state index contributed by atoms with van der Waals surface area (Å²) in [6, 6.07) is 17.5. The Hall–Kier alpha value is -2.93. The van der Waals surface area contributed by atoms with Gasteiger partial charge in [-0.05, 0) is 43.0 Å². The number of anilines is 1. The standard InChI is InChI=1S/C23H23N3O3S/c1-16-6-8-18(9-7-16)22-14-20(24-26(22)19-11-13-30(28,29)15-19)23(27)25-12-10-17-4-2-3-5-21(17)25/h2-9,14,19H,10-13,15H2,1H3. The number of nitrogens with zero attached hydrogens (tertiary/aromatic N) is 3. The number of para-hydroxylation sites is 1. The largest absolute Gasteiger partial charge is 0.306 e. The number of fused-ring (bicyclic) bond motifs is 1. The second kappa shape index (κ2) is 7.09. The highest BCUT2D eigenvalue weighted by molar-refractivity contribution is 7.91. The van der Waals surface area contributed by atoms with Gasteiger partial charge in [-0.3, -0.25) is 9.48 Å². The van der Waals surface area contributed by atoms with E-state index in [1.165, 1.54) is 0 Å². The zero-order valence-corrected chi connectivity index (χ0v) is 17.6. The molecular formula is C23H23N3O3S. The summed E-state index contributed by atoms with van der Waals surface area (Å²) in [7, 11) is -3.07. The molecule has 0 saturated carbocycles. The van der Waals surface area contributed by atoms with Crippen LogP contribution in [-0.2, 0) is 16.3 Å². The normalized spacial score (nSPS) is 19.8. The fourth-order valence-electron chi connectivity index (χ4n) is 4.37. The van der Waals surface area contributed by atoms with Crippen LogP contribution < -0.4 is 4.90 Å². The van der Waals surface area contributed by atoms with Gasteiger partial charge in [-0.1, -0.05) is 48.0 Å². The first-order valence-corrected chi connectivity index (χ1v) is 12.0. The van der Waals surface area contributed by atoms with Crippen LogP contribution in [0.4, 0.5) is 5.69 Å². The molecule has 3 heterocycles. The second-order valence-corrected chi connectivity index (χ2v) is 10.3. The molecule has 1 amide bonds. The first-order chi connectivity index (χ1) is 14.4. The third kappa shape index (κ3) is 3.33. The monoisotopic (exact) mass is 421 g/mol. The number of aromatic nitrogens is 2. The summed E-state index contributed by atoms with van der Waals surface area (Å²) in [4.78, 5) is 15.1. The summed E-state index contributed by atoms with van der Waals surface area (Å²) in [5, 5.41) is 4.64. The number of aryl methyl sites for hydroxylation is 1. The smallest absolute Gasteiger partial charge is 0.278 e. The van der Waals surface area contributed by atoms with Crippen LogP contribution in [0.15, 0.2) is 54.6 Å². The van der Waals surface area contributed by atoms with Crippen LogP contribution in [0.3, 0.4) is 0 Å². The van der Waals surface area contributed by atoms with Crippen LogP contribution in [0, 0.1) is 6.92 Å². The van der Waals surface area contributed by atoms with Crippen molar-refractivity contribution in [3.63, 3.8) is 0 Å². The van der Waals surface area contributed by atoms with Gasteiger partial charge >= 0.3 is 0 Å². The van der Waals surface area contributed by atoms with Gasteiger partial charge in [0.25, 0.3) is 5.91 Å². The first kappa shape index (κ1) is 19.1. The van der Waals surface area contributed by atoms with Crippen molar-refractivity contribution in [1.29, 1.82) is 0 Å². The van der Waals surface area contributed by atoms with Gasteiger partial charge < -0.3 is 4.90 Å². The van der Waals surface area contributed by atoms with E-state index < -0.39 is 9.84 Å². The Balaban J connectivity index is 1.56.